The molecule has 3 heterocycles. The second kappa shape index (κ2) is 6.21. The molecule has 1 N–H and O–H groups in total. The number of pyridine rings is 1. The number of hydrogen-bond donors (Lipinski definition) is 1. The normalized spacial score (nSPS) is 20.8. The number of para-hydroxylation sites is 1. The van der Waals surface area contributed by atoms with Gasteiger partial charge in [0.05, 0.1) is 0 Å². The van der Waals surface area contributed by atoms with Crippen LogP contribution < -0.4 is 10.1 Å². The number of rotatable bonds is 4. The van der Waals surface area contributed by atoms with Gasteiger partial charge in [-0.2, -0.15) is 4.98 Å². The Morgan fingerprint density at radius 2 is 1.92 bits per heavy atom. The van der Waals surface area contributed by atoms with Crippen LogP contribution in [0.25, 0.3) is 11.4 Å². The van der Waals surface area contributed by atoms with Crippen LogP contribution in [0, 0.1) is 5.41 Å². The third kappa shape index (κ3) is 2.86. The Hall–Kier alpha value is -2.73. The molecular formula is C20H20N4O2. The molecular weight excluding hydrogens is 328 g/mol. The molecule has 6 nitrogen and oxygen atoms in total. The van der Waals surface area contributed by atoms with E-state index in [2.05, 4.69) is 20.4 Å². The average Bonchev–Trinajstić information content (AvgIpc) is 3.15. The van der Waals surface area contributed by atoms with Crippen LogP contribution in [0.4, 0.5) is 0 Å². The minimum Gasteiger partial charge on any atom is -0.439 e. The first-order chi connectivity index (χ1) is 12.8. The minimum absolute atomic E-state index is 0.390. The van der Waals surface area contributed by atoms with E-state index >= 15 is 0 Å². The highest BCUT2D eigenvalue weighted by Gasteiger charge is 2.57. The molecule has 3 aromatic rings. The lowest BCUT2D eigenvalue weighted by molar-refractivity contribution is 0.311. The van der Waals surface area contributed by atoms with E-state index < -0.39 is 0 Å². The molecule has 0 amide bonds. The summed E-state index contributed by atoms with van der Waals surface area (Å²) < 4.78 is 11.3. The van der Waals surface area contributed by atoms with Gasteiger partial charge in [0.2, 0.25) is 17.6 Å². The van der Waals surface area contributed by atoms with Crippen molar-refractivity contribution in [1.29, 1.82) is 0 Å². The summed E-state index contributed by atoms with van der Waals surface area (Å²) in [6.45, 7) is 2.18. The molecule has 132 valence electrons. The zero-order valence-electron chi connectivity index (χ0n) is 14.4. The molecule has 2 aromatic heterocycles. The van der Waals surface area contributed by atoms with Crippen molar-refractivity contribution in [2.45, 2.75) is 25.2 Å². The number of hydrogen-bond acceptors (Lipinski definition) is 6. The maximum absolute atomic E-state index is 5.72. The van der Waals surface area contributed by atoms with Crippen LogP contribution in [0.15, 0.2) is 53.2 Å². The van der Waals surface area contributed by atoms with Crippen LogP contribution >= 0.6 is 0 Å². The molecule has 5 rings (SSSR count). The van der Waals surface area contributed by atoms with Crippen molar-refractivity contribution in [3.63, 3.8) is 0 Å². The van der Waals surface area contributed by atoms with Gasteiger partial charge in [-0.3, -0.25) is 0 Å². The summed E-state index contributed by atoms with van der Waals surface area (Å²) in [5.74, 6) is 3.08. The number of benzene rings is 1. The van der Waals surface area contributed by atoms with Crippen LogP contribution in [0.1, 0.15) is 31.1 Å². The van der Waals surface area contributed by atoms with Gasteiger partial charge >= 0.3 is 0 Å². The Labute approximate surface area is 151 Å². The number of ether oxygens (including phenoxy) is 1. The molecule has 1 atom stereocenters. The fourth-order valence-corrected chi connectivity index (χ4v) is 3.85. The molecule has 1 spiro atoms. The fourth-order valence-electron chi connectivity index (χ4n) is 3.85. The Morgan fingerprint density at radius 3 is 2.69 bits per heavy atom. The van der Waals surface area contributed by atoms with Crippen molar-refractivity contribution in [3.05, 3.63) is 54.6 Å². The van der Waals surface area contributed by atoms with Gasteiger partial charge in [-0.05, 0) is 56.0 Å². The fraction of sp³-hybridized carbons (Fsp3) is 0.350. The van der Waals surface area contributed by atoms with Crippen molar-refractivity contribution in [2.24, 2.45) is 5.41 Å². The van der Waals surface area contributed by atoms with E-state index in [0.717, 1.165) is 30.3 Å². The standard InChI is InChI=1S/C20H20N4O2/c1-2-4-15(5-3-1)25-17-7-6-14(13-22-17)18-23-19(26-24-18)16-12-20(16)8-10-21-11-9-20/h1-7,13,16,21H,8-12H2. The van der Waals surface area contributed by atoms with Gasteiger partial charge in [0.15, 0.2) is 0 Å². The van der Waals surface area contributed by atoms with Gasteiger partial charge in [0.25, 0.3) is 0 Å². The van der Waals surface area contributed by atoms with Crippen LogP contribution in [-0.2, 0) is 0 Å². The number of nitrogens with zero attached hydrogens (tertiary/aromatic N) is 3. The molecule has 6 heteroatoms. The second-order valence-corrected chi connectivity index (χ2v) is 7.13. The second-order valence-electron chi connectivity index (χ2n) is 7.13. The smallest absolute Gasteiger partial charge is 0.230 e. The Bertz CT molecular complexity index is 886. The predicted molar refractivity (Wildman–Crippen MR) is 95.9 cm³/mol. The Balaban J connectivity index is 1.29. The lowest BCUT2D eigenvalue weighted by Crippen LogP contribution is -2.29. The topological polar surface area (TPSA) is 73.1 Å². The first-order valence-corrected chi connectivity index (χ1v) is 9.06. The summed E-state index contributed by atoms with van der Waals surface area (Å²) in [7, 11) is 0. The quantitative estimate of drug-likeness (QED) is 0.773. The summed E-state index contributed by atoms with van der Waals surface area (Å²) in [5.41, 5.74) is 1.22. The van der Waals surface area contributed by atoms with Gasteiger partial charge < -0.3 is 14.6 Å². The zero-order chi connectivity index (χ0) is 17.4. The Kier molecular flexibility index (Phi) is 3.71. The lowest BCUT2D eigenvalue weighted by atomic mass is 9.92. The van der Waals surface area contributed by atoms with Gasteiger partial charge in [-0.25, -0.2) is 4.98 Å². The monoisotopic (exact) mass is 348 g/mol. The van der Waals surface area contributed by atoms with Crippen LogP contribution in [0.5, 0.6) is 11.6 Å². The van der Waals surface area contributed by atoms with E-state index in [1.807, 2.05) is 42.5 Å². The molecule has 26 heavy (non-hydrogen) atoms. The third-order valence-corrected chi connectivity index (χ3v) is 5.49. The zero-order valence-corrected chi connectivity index (χ0v) is 14.4. The van der Waals surface area contributed by atoms with Gasteiger partial charge in [-0.1, -0.05) is 23.4 Å². The maximum atomic E-state index is 5.72. The molecule has 1 aliphatic heterocycles. The lowest BCUT2D eigenvalue weighted by Gasteiger charge is -2.22. The SMILES string of the molecule is c1ccc(Oc2ccc(-c3noc(C4CC45CCNCC5)n3)cn2)cc1. The van der Waals surface area contributed by atoms with Crippen LogP contribution in [-0.4, -0.2) is 28.2 Å². The van der Waals surface area contributed by atoms with E-state index in [1.165, 1.54) is 19.3 Å². The van der Waals surface area contributed by atoms with E-state index in [-0.39, 0.29) is 0 Å². The van der Waals surface area contributed by atoms with Gasteiger partial charge in [0, 0.05) is 23.7 Å². The molecule has 1 aromatic carbocycles. The van der Waals surface area contributed by atoms with Crippen LogP contribution in [0.2, 0.25) is 0 Å². The summed E-state index contributed by atoms with van der Waals surface area (Å²) in [6, 6.07) is 13.3. The highest BCUT2D eigenvalue weighted by Crippen LogP contribution is 2.63. The van der Waals surface area contributed by atoms with E-state index in [4.69, 9.17) is 9.26 Å². The van der Waals surface area contributed by atoms with Crippen molar-refractivity contribution in [2.75, 3.05) is 13.1 Å². The number of piperidine rings is 1. The average molecular weight is 348 g/mol. The van der Waals surface area contributed by atoms with Crippen molar-refractivity contribution in [1.82, 2.24) is 20.4 Å². The van der Waals surface area contributed by atoms with E-state index in [0.29, 0.717) is 23.0 Å². The minimum atomic E-state index is 0.390. The third-order valence-electron chi connectivity index (χ3n) is 5.49. The van der Waals surface area contributed by atoms with Crippen LogP contribution in [0.3, 0.4) is 0 Å². The Morgan fingerprint density at radius 1 is 1.08 bits per heavy atom. The molecule has 1 unspecified atom stereocenters. The van der Waals surface area contributed by atoms with Crippen molar-refractivity contribution in [3.8, 4) is 23.0 Å². The number of aromatic nitrogens is 3. The molecule has 0 bridgehead atoms. The van der Waals surface area contributed by atoms with Gasteiger partial charge in [0.1, 0.15) is 5.75 Å². The van der Waals surface area contributed by atoms with Gasteiger partial charge in [-0.15, -0.1) is 0 Å². The molecule has 2 aliphatic rings. The molecule has 1 aliphatic carbocycles. The summed E-state index contributed by atoms with van der Waals surface area (Å²) in [6.07, 6.45) is 5.28. The van der Waals surface area contributed by atoms with E-state index in [1.54, 1.807) is 6.20 Å². The summed E-state index contributed by atoms with van der Waals surface area (Å²) in [5, 5.41) is 7.58. The molecule has 0 radical (unpaired) electrons. The summed E-state index contributed by atoms with van der Waals surface area (Å²) >= 11 is 0. The van der Waals surface area contributed by atoms with Crippen molar-refractivity contribution >= 4 is 0 Å². The molecule has 1 saturated heterocycles. The first-order valence-electron chi connectivity index (χ1n) is 9.06. The largest absolute Gasteiger partial charge is 0.439 e. The van der Waals surface area contributed by atoms with Crippen molar-refractivity contribution < 1.29 is 9.26 Å². The molecule has 2 fully saturated rings. The highest BCUT2D eigenvalue weighted by molar-refractivity contribution is 5.53. The molecule has 1 saturated carbocycles. The maximum Gasteiger partial charge on any atom is 0.230 e. The first kappa shape index (κ1) is 15.5. The van der Waals surface area contributed by atoms with E-state index in [9.17, 15) is 0 Å². The summed E-state index contributed by atoms with van der Waals surface area (Å²) in [4.78, 5) is 8.98. The number of nitrogens with one attached hydrogen (secondary N) is 1. The highest BCUT2D eigenvalue weighted by atomic mass is 16.5. The predicted octanol–water partition coefficient (Wildman–Crippen LogP) is 3.78.